The zero-order valence-corrected chi connectivity index (χ0v) is 15.3. The number of nitrogens with one attached hydrogen (secondary N) is 1. The monoisotopic (exact) mass is 361 g/mol. The van der Waals surface area contributed by atoms with Crippen molar-refractivity contribution in [2.24, 2.45) is 0 Å². The number of phenolic OH excluding ortho intramolecular Hbond substituents is 1. The van der Waals surface area contributed by atoms with Gasteiger partial charge in [-0.05, 0) is 44.5 Å². The average molecular weight is 361 g/mol. The molecule has 0 fully saturated rings. The molecule has 0 aliphatic heterocycles. The van der Waals surface area contributed by atoms with Crippen molar-refractivity contribution in [2.45, 2.75) is 33.1 Å². The third-order valence-corrected chi connectivity index (χ3v) is 4.58. The topological polar surface area (TPSA) is 82.5 Å². The number of aromatic hydroxyl groups is 1. The molecular weight excluding hydrogens is 338 g/mol. The van der Waals surface area contributed by atoms with Gasteiger partial charge in [-0.15, -0.1) is 11.3 Å². The molecule has 7 heteroatoms. The van der Waals surface area contributed by atoms with Crippen LogP contribution in [0.2, 0.25) is 0 Å². The van der Waals surface area contributed by atoms with Gasteiger partial charge in [-0.1, -0.05) is 0 Å². The van der Waals surface area contributed by atoms with Gasteiger partial charge in [0.2, 0.25) is 11.8 Å². The van der Waals surface area contributed by atoms with Crippen molar-refractivity contribution >= 4 is 28.3 Å². The van der Waals surface area contributed by atoms with Crippen LogP contribution >= 0.6 is 11.3 Å². The fourth-order valence-electron chi connectivity index (χ4n) is 2.41. The van der Waals surface area contributed by atoms with Crippen LogP contribution in [-0.2, 0) is 9.59 Å². The predicted octanol–water partition coefficient (Wildman–Crippen LogP) is 3.49. The molecule has 1 aromatic heterocycles. The molecule has 2 rings (SSSR count). The molecule has 1 aromatic carbocycles. The maximum atomic E-state index is 12.0. The average Bonchev–Trinajstić information content (AvgIpc) is 3.05. The van der Waals surface area contributed by atoms with Gasteiger partial charge in [0.05, 0.1) is 5.69 Å². The van der Waals surface area contributed by atoms with Crippen LogP contribution in [0, 0.1) is 0 Å². The van der Waals surface area contributed by atoms with E-state index < -0.39 is 0 Å². The molecule has 0 spiro atoms. The summed E-state index contributed by atoms with van der Waals surface area (Å²) in [6.45, 7) is 5.28. The van der Waals surface area contributed by atoms with Gasteiger partial charge < -0.3 is 15.3 Å². The summed E-state index contributed by atoms with van der Waals surface area (Å²) in [6.07, 6.45) is 1.20. The number of phenols is 1. The van der Waals surface area contributed by atoms with Gasteiger partial charge in [-0.3, -0.25) is 9.59 Å². The van der Waals surface area contributed by atoms with E-state index in [0.717, 1.165) is 11.3 Å². The summed E-state index contributed by atoms with van der Waals surface area (Å²) in [5.41, 5.74) is 1.62. The fraction of sp³-hybridized carbons (Fsp3) is 0.389. The van der Waals surface area contributed by atoms with E-state index in [0.29, 0.717) is 37.5 Å². The minimum atomic E-state index is -0.140. The number of hydrogen-bond donors (Lipinski definition) is 2. The summed E-state index contributed by atoms with van der Waals surface area (Å²) in [4.78, 5) is 30.0. The lowest BCUT2D eigenvalue weighted by Crippen LogP contribution is -2.30. The van der Waals surface area contributed by atoms with Gasteiger partial charge in [-0.25, -0.2) is 4.98 Å². The summed E-state index contributed by atoms with van der Waals surface area (Å²) in [7, 11) is 0. The maximum absolute atomic E-state index is 12.0. The Labute approximate surface area is 151 Å². The van der Waals surface area contributed by atoms with Crippen molar-refractivity contribution in [3.05, 3.63) is 29.6 Å². The second kappa shape index (κ2) is 9.17. The molecule has 0 saturated carbocycles. The molecule has 2 N–H and O–H groups in total. The number of rotatable bonds is 8. The molecule has 0 unspecified atom stereocenters. The lowest BCUT2D eigenvalue weighted by Gasteiger charge is -2.18. The number of hydrogen-bond acceptors (Lipinski definition) is 5. The van der Waals surface area contributed by atoms with Crippen LogP contribution < -0.4 is 5.32 Å². The molecule has 2 aromatic rings. The summed E-state index contributed by atoms with van der Waals surface area (Å²) < 4.78 is 0. The number of aromatic nitrogens is 1. The van der Waals surface area contributed by atoms with Crippen molar-refractivity contribution in [1.82, 2.24) is 9.88 Å². The largest absolute Gasteiger partial charge is 0.508 e. The first-order chi connectivity index (χ1) is 12.0. The Morgan fingerprint density at radius 1 is 1.16 bits per heavy atom. The van der Waals surface area contributed by atoms with Crippen LogP contribution in [0.15, 0.2) is 29.6 Å². The standard InChI is InChI=1S/C18H23N3O3S/c1-3-21(4-2)17(24)7-5-6-16(23)20-18-19-15(12-25-18)13-8-10-14(22)11-9-13/h8-12,22H,3-7H2,1-2H3,(H,19,20,23). The molecular formula is C18H23N3O3S. The lowest BCUT2D eigenvalue weighted by molar-refractivity contribution is -0.130. The summed E-state index contributed by atoms with van der Waals surface area (Å²) >= 11 is 1.35. The smallest absolute Gasteiger partial charge is 0.226 e. The minimum absolute atomic E-state index is 0.0849. The Bertz CT molecular complexity index is 709. The van der Waals surface area contributed by atoms with Crippen LogP contribution in [-0.4, -0.2) is 39.9 Å². The molecule has 25 heavy (non-hydrogen) atoms. The zero-order valence-electron chi connectivity index (χ0n) is 14.5. The number of carbonyl (C=O) groups is 2. The van der Waals surface area contributed by atoms with Gasteiger partial charge in [0.15, 0.2) is 5.13 Å². The number of thiazole rings is 1. The second-order valence-electron chi connectivity index (χ2n) is 5.55. The van der Waals surface area contributed by atoms with Gasteiger partial charge in [0.1, 0.15) is 5.75 Å². The highest BCUT2D eigenvalue weighted by atomic mass is 32.1. The molecule has 134 valence electrons. The summed E-state index contributed by atoms with van der Waals surface area (Å²) in [6, 6.07) is 6.74. The van der Waals surface area contributed by atoms with Gasteiger partial charge in [0.25, 0.3) is 0 Å². The predicted molar refractivity (Wildman–Crippen MR) is 99.6 cm³/mol. The van der Waals surface area contributed by atoms with Gasteiger partial charge in [-0.2, -0.15) is 0 Å². The first-order valence-corrected chi connectivity index (χ1v) is 9.24. The molecule has 2 amide bonds. The molecule has 1 heterocycles. The Balaban J connectivity index is 1.81. The van der Waals surface area contributed by atoms with Gasteiger partial charge >= 0.3 is 0 Å². The Morgan fingerprint density at radius 2 is 1.84 bits per heavy atom. The molecule has 0 atom stereocenters. The van der Waals surface area contributed by atoms with Crippen molar-refractivity contribution in [3.8, 4) is 17.0 Å². The number of anilines is 1. The SMILES string of the molecule is CCN(CC)C(=O)CCCC(=O)Nc1nc(-c2ccc(O)cc2)cs1. The zero-order chi connectivity index (χ0) is 18.2. The molecule has 0 aliphatic carbocycles. The van der Waals surface area contributed by atoms with E-state index >= 15 is 0 Å². The van der Waals surface area contributed by atoms with Crippen LogP contribution in [0.5, 0.6) is 5.75 Å². The minimum Gasteiger partial charge on any atom is -0.508 e. The first-order valence-electron chi connectivity index (χ1n) is 8.36. The van der Waals surface area contributed by atoms with Gasteiger partial charge in [0, 0.05) is 36.9 Å². The number of nitrogens with zero attached hydrogens (tertiary/aromatic N) is 2. The van der Waals surface area contributed by atoms with E-state index in [1.807, 2.05) is 19.2 Å². The summed E-state index contributed by atoms with van der Waals surface area (Å²) in [5, 5.41) is 14.5. The van der Waals surface area contributed by atoms with Crippen LogP contribution in [0.4, 0.5) is 5.13 Å². The molecule has 0 bridgehead atoms. The Hall–Kier alpha value is -2.41. The molecule has 0 radical (unpaired) electrons. The van der Waals surface area contributed by atoms with Crippen LogP contribution in [0.25, 0.3) is 11.3 Å². The third kappa shape index (κ3) is 5.56. The van der Waals surface area contributed by atoms with Crippen molar-refractivity contribution in [2.75, 3.05) is 18.4 Å². The van der Waals surface area contributed by atoms with E-state index in [1.165, 1.54) is 11.3 Å². The number of benzene rings is 1. The quantitative estimate of drug-likeness (QED) is 0.754. The first kappa shape index (κ1) is 18.9. The van der Waals surface area contributed by atoms with E-state index in [9.17, 15) is 14.7 Å². The fourth-order valence-corrected chi connectivity index (χ4v) is 3.15. The highest BCUT2D eigenvalue weighted by Crippen LogP contribution is 2.26. The van der Waals surface area contributed by atoms with Crippen molar-refractivity contribution in [3.63, 3.8) is 0 Å². The Kier molecular flexibility index (Phi) is 6.94. The normalized spacial score (nSPS) is 10.5. The highest BCUT2D eigenvalue weighted by Gasteiger charge is 2.12. The lowest BCUT2D eigenvalue weighted by atomic mass is 10.2. The van der Waals surface area contributed by atoms with Crippen LogP contribution in [0.3, 0.4) is 0 Å². The highest BCUT2D eigenvalue weighted by molar-refractivity contribution is 7.14. The molecule has 0 aliphatic rings. The number of amides is 2. The molecule has 0 saturated heterocycles. The molecule has 6 nitrogen and oxygen atoms in total. The Morgan fingerprint density at radius 3 is 2.48 bits per heavy atom. The van der Waals surface area contributed by atoms with E-state index in [-0.39, 0.29) is 17.6 Å². The van der Waals surface area contributed by atoms with E-state index in [1.54, 1.807) is 29.2 Å². The second-order valence-corrected chi connectivity index (χ2v) is 6.41. The third-order valence-electron chi connectivity index (χ3n) is 3.82. The van der Waals surface area contributed by atoms with Crippen LogP contribution in [0.1, 0.15) is 33.1 Å². The van der Waals surface area contributed by atoms with Crippen molar-refractivity contribution in [1.29, 1.82) is 0 Å². The van der Waals surface area contributed by atoms with E-state index in [4.69, 9.17) is 0 Å². The van der Waals surface area contributed by atoms with Crippen molar-refractivity contribution < 1.29 is 14.7 Å². The maximum Gasteiger partial charge on any atom is 0.226 e. The number of carbonyl (C=O) groups excluding carboxylic acids is 2. The van der Waals surface area contributed by atoms with E-state index in [2.05, 4.69) is 10.3 Å². The summed E-state index contributed by atoms with van der Waals surface area (Å²) in [5.74, 6) is 0.146.